The summed E-state index contributed by atoms with van der Waals surface area (Å²) in [6.45, 7) is 4.50. The Kier molecular flexibility index (Phi) is 3.58. The van der Waals surface area contributed by atoms with Gasteiger partial charge < -0.3 is 10.8 Å². The third-order valence-electron chi connectivity index (χ3n) is 4.49. The van der Waals surface area contributed by atoms with Crippen LogP contribution in [0.2, 0.25) is 0 Å². The molecule has 0 aromatic carbocycles. The van der Waals surface area contributed by atoms with Gasteiger partial charge in [-0.05, 0) is 55.4 Å². The van der Waals surface area contributed by atoms with Crippen LogP contribution >= 0.6 is 11.8 Å². The molecule has 3 heteroatoms. The highest BCUT2D eigenvalue weighted by Gasteiger charge is 2.50. The van der Waals surface area contributed by atoms with Crippen molar-refractivity contribution >= 4 is 11.8 Å². The van der Waals surface area contributed by atoms with Crippen molar-refractivity contribution in [1.29, 1.82) is 0 Å². The largest absolute Gasteiger partial charge is 0.388 e. The van der Waals surface area contributed by atoms with Gasteiger partial charge in [0.15, 0.2) is 0 Å². The van der Waals surface area contributed by atoms with Crippen LogP contribution in [0.4, 0.5) is 0 Å². The van der Waals surface area contributed by atoms with Crippen LogP contribution in [0.3, 0.4) is 0 Å². The van der Waals surface area contributed by atoms with Gasteiger partial charge in [0.25, 0.3) is 0 Å². The Bertz CT molecular complexity index is 240. The summed E-state index contributed by atoms with van der Waals surface area (Å²) in [5.74, 6) is 3.45. The van der Waals surface area contributed by atoms with E-state index in [1.165, 1.54) is 6.42 Å². The molecule has 0 bridgehead atoms. The van der Waals surface area contributed by atoms with Crippen molar-refractivity contribution in [2.45, 2.75) is 57.1 Å². The molecule has 2 nitrogen and oxygen atoms in total. The van der Waals surface area contributed by atoms with Crippen molar-refractivity contribution in [3.05, 3.63) is 0 Å². The van der Waals surface area contributed by atoms with Crippen LogP contribution in [0.25, 0.3) is 0 Å². The molecule has 94 valence electrons. The monoisotopic (exact) mass is 243 g/mol. The molecule has 2 rings (SSSR count). The van der Waals surface area contributed by atoms with Gasteiger partial charge in [0.1, 0.15) is 0 Å². The molecular formula is C13H25NOS. The Morgan fingerprint density at radius 1 is 1.12 bits per heavy atom. The van der Waals surface area contributed by atoms with Crippen molar-refractivity contribution in [3.63, 3.8) is 0 Å². The predicted molar refractivity (Wildman–Crippen MR) is 70.6 cm³/mol. The first-order valence-electron chi connectivity index (χ1n) is 6.54. The van der Waals surface area contributed by atoms with E-state index in [4.69, 9.17) is 5.73 Å². The Hall–Kier alpha value is 0.270. The number of thioether (sulfide) groups is 1. The molecule has 0 radical (unpaired) electrons. The van der Waals surface area contributed by atoms with Crippen molar-refractivity contribution in [3.8, 4) is 0 Å². The second-order valence-electron chi connectivity index (χ2n) is 6.15. The lowest BCUT2D eigenvalue weighted by molar-refractivity contribution is -0.0936. The van der Waals surface area contributed by atoms with E-state index < -0.39 is 5.60 Å². The normalized spacial score (nSPS) is 44.2. The van der Waals surface area contributed by atoms with Crippen LogP contribution < -0.4 is 5.73 Å². The highest BCUT2D eigenvalue weighted by atomic mass is 32.2. The summed E-state index contributed by atoms with van der Waals surface area (Å²) in [4.78, 5) is 0. The second kappa shape index (κ2) is 4.51. The summed E-state index contributed by atoms with van der Waals surface area (Å²) in [6.07, 6.45) is 5.01. The lowest BCUT2D eigenvalue weighted by Gasteiger charge is -2.51. The van der Waals surface area contributed by atoms with Crippen LogP contribution in [0.15, 0.2) is 0 Å². The van der Waals surface area contributed by atoms with Crippen LogP contribution in [0, 0.1) is 11.8 Å². The first-order chi connectivity index (χ1) is 7.45. The van der Waals surface area contributed by atoms with Crippen LogP contribution in [-0.2, 0) is 0 Å². The average Bonchev–Trinajstić information content (AvgIpc) is 2.16. The van der Waals surface area contributed by atoms with Gasteiger partial charge in [-0.25, -0.2) is 0 Å². The molecule has 1 heterocycles. The third kappa shape index (κ3) is 2.27. The van der Waals surface area contributed by atoms with Gasteiger partial charge in [0, 0.05) is 5.54 Å². The fourth-order valence-electron chi connectivity index (χ4n) is 3.70. The summed E-state index contributed by atoms with van der Waals surface area (Å²) in [7, 11) is 0. The van der Waals surface area contributed by atoms with Gasteiger partial charge in [-0.15, -0.1) is 0 Å². The molecular weight excluding hydrogens is 218 g/mol. The molecule has 16 heavy (non-hydrogen) atoms. The van der Waals surface area contributed by atoms with Crippen molar-refractivity contribution in [2.75, 3.05) is 11.5 Å². The van der Waals surface area contributed by atoms with E-state index >= 15 is 0 Å². The van der Waals surface area contributed by atoms with Gasteiger partial charge in [-0.2, -0.15) is 11.8 Å². The van der Waals surface area contributed by atoms with Crippen LogP contribution in [-0.4, -0.2) is 27.8 Å². The standard InChI is InChI=1S/C13H25NOS/c1-10-7-11(2)9-13(15,8-10)12(14)3-5-16-6-4-12/h10-11,15H,3-9,14H2,1-2H3. The lowest BCUT2D eigenvalue weighted by Crippen LogP contribution is -2.64. The first kappa shape index (κ1) is 12.7. The van der Waals surface area contributed by atoms with Gasteiger partial charge >= 0.3 is 0 Å². The molecule has 2 atom stereocenters. The lowest BCUT2D eigenvalue weighted by atomic mass is 9.63. The van der Waals surface area contributed by atoms with E-state index in [0.717, 1.165) is 37.2 Å². The van der Waals surface area contributed by atoms with Gasteiger partial charge in [0.2, 0.25) is 0 Å². The maximum Gasteiger partial charge on any atom is 0.0832 e. The minimum atomic E-state index is -0.606. The average molecular weight is 243 g/mol. The Morgan fingerprint density at radius 2 is 1.62 bits per heavy atom. The molecule has 0 amide bonds. The van der Waals surface area contributed by atoms with Gasteiger partial charge in [-0.1, -0.05) is 13.8 Å². The Morgan fingerprint density at radius 3 is 2.12 bits per heavy atom. The minimum absolute atomic E-state index is 0.318. The molecule has 1 saturated carbocycles. The summed E-state index contributed by atoms with van der Waals surface area (Å²) >= 11 is 1.97. The molecule has 2 unspecified atom stereocenters. The zero-order valence-electron chi connectivity index (χ0n) is 10.5. The van der Waals surface area contributed by atoms with E-state index in [2.05, 4.69) is 13.8 Å². The van der Waals surface area contributed by atoms with E-state index in [-0.39, 0.29) is 5.54 Å². The third-order valence-corrected chi connectivity index (χ3v) is 5.47. The summed E-state index contributed by atoms with van der Waals surface area (Å²) in [5.41, 5.74) is 5.60. The maximum absolute atomic E-state index is 11.0. The molecule has 1 saturated heterocycles. The second-order valence-corrected chi connectivity index (χ2v) is 7.38. The minimum Gasteiger partial charge on any atom is -0.388 e. The van der Waals surface area contributed by atoms with E-state index in [1.807, 2.05) is 11.8 Å². The fraction of sp³-hybridized carbons (Fsp3) is 1.00. The molecule has 1 aliphatic heterocycles. The highest BCUT2D eigenvalue weighted by molar-refractivity contribution is 7.99. The zero-order valence-corrected chi connectivity index (χ0v) is 11.4. The van der Waals surface area contributed by atoms with Gasteiger partial charge in [0.05, 0.1) is 5.60 Å². The van der Waals surface area contributed by atoms with E-state index in [9.17, 15) is 5.11 Å². The Balaban J connectivity index is 2.15. The zero-order chi connectivity index (χ0) is 11.8. The Labute approximate surface area is 103 Å². The fourth-order valence-corrected chi connectivity index (χ4v) is 4.92. The van der Waals surface area contributed by atoms with Crippen LogP contribution in [0.1, 0.15) is 46.0 Å². The number of nitrogens with two attached hydrogens (primary N) is 1. The number of hydrogen-bond donors (Lipinski definition) is 2. The molecule has 2 aliphatic rings. The topological polar surface area (TPSA) is 46.2 Å². The summed E-state index contributed by atoms with van der Waals surface area (Å²) in [6, 6.07) is 0. The summed E-state index contributed by atoms with van der Waals surface area (Å²) < 4.78 is 0. The number of rotatable bonds is 1. The van der Waals surface area contributed by atoms with Crippen molar-refractivity contribution in [1.82, 2.24) is 0 Å². The van der Waals surface area contributed by atoms with Gasteiger partial charge in [-0.3, -0.25) is 0 Å². The highest BCUT2D eigenvalue weighted by Crippen LogP contribution is 2.45. The SMILES string of the molecule is CC1CC(C)CC(O)(C2(N)CCSCC2)C1. The molecule has 0 aromatic heterocycles. The van der Waals surface area contributed by atoms with E-state index in [0.29, 0.717) is 11.8 Å². The smallest absolute Gasteiger partial charge is 0.0832 e. The molecule has 1 aliphatic carbocycles. The number of hydrogen-bond acceptors (Lipinski definition) is 3. The molecule has 3 N–H and O–H groups in total. The number of aliphatic hydroxyl groups is 1. The van der Waals surface area contributed by atoms with Crippen molar-refractivity contribution in [2.24, 2.45) is 17.6 Å². The maximum atomic E-state index is 11.0. The predicted octanol–water partition coefficient (Wildman–Crippen LogP) is 2.40. The van der Waals surface area contributed by atoms with E-state index in [1.54, 1.807) is 0 Å². The molecule has 2 fully saturated rings. The van der Waals surface area contributed by atoms with Crippen LogP contribution in [0.5, 0.6) is 0 Å². The quantitative estimate of drug-likeness (QED) is 0.743. The first-order valence-corrected chi connectivity index (χ1v) is 7.70. The molecule has 0 spiro atoms. The molecule has 0 aromatic rings. The summed E-state index contributed by atoms with van der Waals surface area (Å²) in [5, 5.41) is 11.0. The van der Waals surface area contributed by atoms with Crippen molar-refractivity contribution < 1.29 is 5.11 Å².